The molecule has 0 aliphatic rings. The summed E-state index contributed by atoms with van der Waals surface area (Å²) >= 11 is 1.34. The maximum atomic E-state index is 12.3. The van der Waals surface area contributed by atoms with E-state index in [0.717, 1.165) is 5.56 Å². The summed E-state index contributed by atoms with van der Waals surface area (Å²) in [6.07, 6.45) is 0. The second-order valence-electron chi connectivity index (χ2n) is 3.77. The minimum Gasteiger partial charge on any atom is -0.465 e. The van der Waals surface area contributed by atoms with Crippen molar-refractivity contribution in [2.45, 2.75) is 20.8 Å². The SMILES string of the molecule is CCOC(=O)C(C(=O)OCC)C(=O)c1cscc1C. The van der Waals surface area contributed by atoms with Gasteiger partial charge in [0.05, 0.1) is 13.2 Å². The Morgan fingerprint density at radius 1 is 1.11 bits per heavy atom. The third kappa shape index (κ3) is 3.64. The lowest BCUT2D eigenvalue weighted by molar-refractivity contribution is -0.158. The predicted molar refractivity (Wildman–Crippen MR) is 70.1 cm³/mol. The Labute approximate surface area is 115 Å². The molecule has 0 radical (unpaired) electrons. The van der Waals surface area contributed by atoms with Crippen LogP contribution in [0.2, 0.25) is 0 Å². The molecule has 0 saturated heterocycles. The first-order valence-electron chi connectivity index (χ1n) is 5.93. The number of Topliss-reactive ketones (excluding diaryl/α,β-unsaturated/α-hetero) is 1. The Bertz CT molecular complexity index is 459. The number of carbonyl (C=O) groups is 3. The van der Waals surface area contributed by atoms with Gasteiger partial charge < -0.3 is 9.47 Å². The summed E-state index contributed by atoms with van der Waals surface area (Å²) in [5.74, 6) is -3.84. The van der Waals surface area contributed by atoms with E-state index in [1.807, 2.05) is 0 Å². The number of ketones is 1. The zero-order valence-corrected chi connectivity index (χ0v) is 11.9. The van der Waals surface area contributed by atoms with Gasteiger partial charge in [0.15, 0.2) is 5.78 Å². The van der Waals surface area contributed by atoms with Gasteiger partial charge in [-0.25, -0.2) is 0 Å². The number of hydrogen-bond donors (Lipinski definition) is 0. The summed E-state index contributed by atoms with van der Waals surface area (Å²) in [4.78, 5) is 35.8. The molecular weight excluding hydrogens is 268 g/mol. The largest absolute Gasteiger partial charge is 0.465 e. The topological polar surface area (TPSA) is 69.7 Å². The smallest absolute Gasteiger partial charge is 0.328 e. The van der Waals surface area contributed by atoms with Crippen LogP contribution in [0.3, 0.4) is 0 Å². The first-order chi connectivity index (χ1) is 9.02. The molecular formula is C13H16O5S. The third-order valence-electron chi connectivity index (χ3n) is 2.43. The molecule has 104 valence electrons. The van der Waals surface area contributed by atoms with Crippen molar-refractivity contribution in [2.75, 3.05) is 13.2 Å². The summed E-state index contributed by atoms with van der Waals surface area (Å²) in [6, 6.07) is 0. The van der Waals surface area contributed by atoms with Gasteiger partial charge in [0, 0.05) is 10.9 Å². The van der Waals surface area contributed by atoms with E-state index in [-0.39, 0.29) is 13.2 Å². The van der Waals surface area contributed by atoms with Crippen LogP contribution in [0, 0.1) is 12.8 Å². The van der Waals surface area contributed by atoms with E-state index < -0.39 is 23.6 Å². The first-order valence-corrected chi connectivity index (χ1v) is 6.87. The lowest BCUT2D eigenvalue weighted by atomic mass is 9.97. The predicted octanol–water partition coefficient (Wildman–Crippen LogP) is 1.98. The van der Waals surface area contributed by atoms with Crippen molar-refractivity contribution in [3.8, 4) is 0 Å². The van der Waals surface area contributed by atoms with Gasteiger partial charge >= 0.3 is 11.9 Å². The number of thiophene rings is 1. The molecule has 0 unspecified atom stereocenters. The fourth-order valence-corrected chi connectivity index (χ4v) is 2.37. The number of hydrogen-bond acceptors (Lipinski definition) is 6. The second-order valence-corrected chi connectivity index (χ2v) is 4.51. The van der Waals surface area contributed by atoms with Crippen molar-refractivity contribution < 1.29 is 23.9 Å². The third-order valence-corrected chi connectivity index (χ3v) is 3.29. The Balaban J connectivity index is 3.03. The highest BCUT2D eigenvalue weighted by molar-refractivity contribution is 7.08. The molecule has 5 nitrogen and oxygen atoms in total. The van der Waals surface area contributed by atoms with Gasteiger partial charge in [0.2, 0.25) is 5.92 Å². The van der Waals surface area contributed by atoms with E-state index in [1.54, 1.807) is 31.5 Å². The molecule has 1 heterocycles. The molecule has 0 bridgehead atoms. The molecule has 19 heavy (non-hydrogen) atoms. The summed E-state index contributed by atoms with van der Waals surface area (Å²) in [7, 11) is 0. The fraction of sp³-hybridized carbons (Fsp3) is 0.462. The Morgan fingerprint density at radius 3 is 2.00 bits per heavy atom. The molecule has 0 atom stereocenters. The molecule has 0 amide bonds. The van der Waals surface area contributed by atoms with Gasteiger partial charge in [-0.05, 0) is 31.7 Å². The van der Waals surface area contributed by atoms with Crippen LogP contribution in [0.1, 0.15) is 29.8 Å². The molecule has 0 aromatic carbocycles. The number of carbonyl (C=O) groups excluding carboxylic acids is 3. The van der Waals surface area contributed by atoms with E-state index in [9.17, 15) is 14.4 Å². The maximum Gasteiger partial charge on any atom is 0.328 e. The highest BCUT2D eigenvalue weighted by Gasteiger charge is 2.38. The van der Waals surface area contributed by atoms with Crippen LogP contribution >= 0.6 is 11.3 Å². The number of rotatable bonds is 6. The second kappa shape index (κ2) is 7.04. The molecule has 0 spiro atoms. The minimum atomic E-state index is -1.53. The first kappa shape index (κ1) is 15.4. The standard InChI is InChI=1S/C13H16O5S/c1-4-17-12(15)10(13(16)18-5-2)11(14)9-7-19-6-8(9)3/h6-7,10H,4-5H2,1-3H3. The van der Waals surface area contributed by atoms with E-state index in [0.29, 0.717) is 5.56 Å². The number of esters is 2. The number of ether oxygens (including phenoxy) is 2. The van der Waals surface area contributed by atoms with Gasteiger partial charge in [0.25, 0.3) is 0 Å². The van der Waals surface area contributed by atoms with Gasteiger partial charge in [-0.15, -0.1) is 0 Å². The maximum absolute atomic E-state index is 12.3. The molecule has 6 heteroatoms. The van der Waals surface area contributed by atoms with Gasteiger partial charge in [-0.3, -0.25) is 14.4 Å². The summed E-state index contributed by atoms with van der Waals surface area (Å²) in [6.45, 7) is 5.17. The number of aryl methyl sites for hydroxylation is 1. The monoisotopic (exact) mass is 284 g/mol. The van der Waals surface area contributed by atoms with Crippen molar-refractivity contribution in [3.05, 3.63) is 21.9 Å². The van der Waals surface area contributed by atoms with Crippen molar-refractivity contribution in [1.82, 2.24) is 0 Å². The van der Waals surface area contributed by atoms with Crippen LogP contribution in [0.15, 0.2) is 10.8 Å². The molecule has 1 aromatic heterocycles. The minimum absolute atomic E-state index is 0.102. The van der Waals surface area contributed by atoms with Gasteiger partial charge in [0.1, 0.15) is 0 Å². The quantitative estimate of drug-likeness (QED) is 0.454. The molecule has 0 N–H and O–H groups in total. The zero-order valence-electron chi connectivity index (χ0n) is 11.1. The summed E-state index contributed by atoms with van der Waals surface area (Å²) in [5.41, 5.74) is 1.09. The lowest BCUT2D eigenvalue weighted by Crippen LogP contribution is -2.35. The molecule has 0 aliphatic carbocycles. The van der Waals surface area contributed by atoms with Crippen LogP contribution < -0.4 is 0 Å². The Hall–Kier alpha value is -1.69. The molecule has 0 aliphatic heterocycles. The van der Waals surface area contributed by atoms with Crippen molar-refractivity contribution in [1.29, 1.82) is 0 Å². The summed E-state index contributed by atoms with van der Waals surface area (Å²) in [5, 5.41) is 3.39. The Kier molecular flexibility index (Phi) is 5.69. The van der Waals surface area contributed by atoms with E-state index in [1.165, 1.54) is 11.3 Å². The highest BCUT2D eigenvalue weighted by atomic mass is 32.1. The molecule has 1 rings (SSSR count). The van der Waals surface area contributed by atoms with Crippen molar-refractivity contribution >= 4 is 29.1 Å². The fourth-order valence-electron chi connectivity index (χ4n) is 1.53. The van der Waals surface area contributed by atoms with Crippen molar-refractivity contribution in [2.24, 2.45) is 5.92 Å². The van der Waals surface area contributed by atoms with Crippen molar-refractivity contribution in [3.63, 3.8) is 0 Å². The molecule has 0 fully saturated rings. The van der Waals surface area contributed by atoms with E-state index in [2.05, 4.69) is 0 Å². The summed E-state index contributed by atoms with van der Waals surface area (Å²) < 4.78 is 9.55. The molecule has 1 aromatic rings. The average molecular weight is 284 g/mol. The van der Waals surface area contributed by atoms with E-state index in [4.69, 9.17) is 9.47 Å². The Morgan fingerprint density at radius 2 is 1.63 bits per heavy atom. The zero-order chi connectivity index (χ0) is 14.4. The van der Waals surface area contributed by atoms with Gasteiger partial charge in [-0.2, -0.15) is 11.3 Å². The van der Waals surface area contributed by atoms with Crippen LogP contribution in [0.25, 0.3) is 0 Å². The average Bonchev–Trinajstić information content (AvgIpc) is 2.76. The lowest BCUT2D eigenvalue weighted by Gasteiger charge is -2.13. The van der Waals surface area contributed by atoms with Crippen LogP contribution in [0.4, 0.5) is 0 Å². The normalized spacial score (nSPS) is 10.3. The van der Waals surface area contributed by atoms with Crippen LogP contribution in [0.5, 0.6) is 0 Å². The van der Waals surface area contributed by atoms with Crippen LogP contribution in [-0.4, -0.2) is 30.9 Å². The highest BCUT2D eigenvalue weighted by Crippen LogP contribution is 2.20. The van der Waals surface area contributed by atoms with E-state index >= 15 is 0 Å². The van der Waals surface area contributed by atoms with Gasteiger partial charge in [-0.1, -0.05) is 0 Å². The van der Waals surface area contributed by atoms with Crippen LogP contribution in [-0.2, 0) is 19.1 Å². The molecule has 0 saturated carbocycles.